The number of nitrogens with two attached hydrogens (primary N) is 1. The van der Waals surface area contributed by atoms with Gasteiger partial charge in [-0.25, -0.2) is 5.01 Å². The molecule has 0 aromatic carbocycles. The number of carbonyl (C=O) groups is 1. The largest absolute Gasteiger partial charge is 0.352 e. The van der Waals surface area contributed by atoms with Gasteiger partial charge in [-0.15, -0.1) is 0 Å². The Balaban J connectivity index is 0.000000550. The van der Waals surface area contributed by atoms with Gasteiger partial charge in [0.05, 0.1) is 0 Å². The van der Waals surface area contributed by atoms with Gasteiger partial charge < -0.3 is 5.32 Å². The molecule has 112 valence electrons. The third-order valence-electron chi connectivity index (χ3n) is 3.64. The molecular formula is C14H30N4O. The molecule has 2 rings (SSSR count). The van der Waals surface area contributed by atoms with Gasteiger partial charge in [-0.1, -0.05) is 20.3 Å². The second kappa shape index (κ2) is 8.51. The lowest BCUT2D eigenvalue weighted by molar-refractivity contribution is -0.119. The van der Waals surface area contributed by atoms with Crippen LogP contribution in [0.1, 0.15) is 46.5 Å². The molecule has 0 bridgehead atoms. The van der Waals surface area contributed by atoms with Crippen LogP contribution >= 0.6 is 0 Å². The second-order valence-electron chi connectivity index (χ2n) is 5.66. The highest BCUT2D eigenvalue weighted by atomic mass is 16.1. The highest BCUT2D eigenvalue weighted by molar-refractivity contribution is 5.73. The van der Waals surface area contributed by atoms with E-state index in [-0.39, 0.29) is 5.91 Å². The Bertz CT molecular complexity index is 264. The molecule has 2 aliphatic heterocycles. The number of rotatable bonds is 2. The van der Waals surface area contributed by atoms with Gasteiger partial charge in [0.2, 0.25) is 5.91 Å². The van der Waals surface area contributed by atoms with Crippen molar-refractivity contribution in [1.82, 2.24) is 15.2 Å². The zero-order chi connectivity index (χ0) is 14.3. The summed E-state index contributed by atoms with van der Waals surface area (Å²) in [6, 6.07) is 1.02. The first-order valence-corrected chi connectivity index (χ1v) is 7.57. The zero-order valence-corrected chi connectivity index (χ0v) is 12.7. The van der Waals surface area contributed by atoms with Crippen molar-refractivity contribution in [2.75, 3.05) is 26.2 Å². The zero-order valence-electron chi connectivity index (χ0n) is 12.7. The van der Waals surface area contributed by atoms with Crippen LogP contribution in [-0.4, -0.2) is 54.1 Å². The van der Waals surface area contributed by atoms with E-state index in [9.17, 15) is 4.79 Å². The molecule has 1 unspecified atom stereocenters. The van der Waals surface area contributed by atoms with Crippen LogP contribution in [0.5, 0.6) is 0 Å². The van der Waals surface area contributed by atoms with Crippen molar-refractivity contribution in [2.45, 2.75) is 58.5 Å². The molecule has 0 aliphatic carbocycles. The van der Waals surface area contributed by atoms with Gasteiger partial charge in [0.1, 0.15) is 0 Å². The van der Waals surface area contributed by atoms with E-state index in [0.717, 1.165) is 45.4 Å². The minimum Gasteiger partial charge on any atom is -0.352 e. The van der Waals surface area contributed by atoms with Crippen molar-refractivity contribution in [1.29, 1.82) is 0 Å². The van der Waals surface area contributed by atoms with Crippen molar-refractivity contribution in [3.05, 3.63) is 0 Å². The number of hydrogen-bond acceptors (Lipinski definition) is 4. The van der Waals surface area contributed by atoms with E-state index in [2.05, 4.69) is 24.1 Å². The van der Waals surface area contributed by atoms with Crippen LogP contribution in [-0.2, 0) is 4.79 Å². The average molecular weight is 270 g/mol. The molecule has 0 radical (unpaired) electrons. The van der Waals surface area contributed by atoms with Crippen molar-refractivity contribution >= 4 is 5.91 Å². The molecular weight excluding hydrogens is 240 g/mol. The van der Waals surface area contributed by atoms with Crippen LogP contribution in [0.3, 0.4) is 0 Å². The quantitative estimate of drug-likeness (QED) is 0.734. The highest BCUT2D eigenvalue weighted by Gasteiger charge is 2.30. The van der Waals surface area contributed by atoms with Gasteiger partial charge in [-0.2, -0.15) is 0 Å². The second-order valence-corrected chi connectivity index (χ2v) is 5.66. The molecule has 2 saturated heterocycles. The standard InChI is InChI=1S/C11H22N4O.C3H8/c1-9(16)13-10-2-5-14(8-10)11-3-6-15(12)7-4-11;1-3-2/h10-11H,2-8,12H2,1H3,(H,13,16);3H2,1-2H3. The third-order valence-corrected chi connectivity index (χ3v) is 3.64. The Hall–Kier alpha value is -0.650. The number of piperidine rings is 1. The summed E-state index contributed by atoms with van der Waals surface area (Å²) in [7, 11) is 0. The summed E-state index contributed by atoms with van der Waals surface area (Å²) in [5, 5.41) is 4.90. The summed E-state index contributed by atoms with van der Waals surface area (Å²) in [4.78, 5) is 13.5. The molecule has 0 aromatic heterocycles. The fourth-order valence-electron chi connectivity index (χ4n) is 2.78. The predicted octanol–water partition coefficient (Wildman–Crippen LogP) is 0.951. The average Bonchev–Trinajstić information content (AvgIpc) is 2.78. The molecule has 19 heavy (non-hydrogen) atoms. The SMILES string of the molecule is CC(=O)NC1CCN(C2CCN(N)CC2)C1.CCC. The summed E-state index contributed by atoms with van der Waals surface area (Å²) in [6.45, 7) is 9.95. The maximum atomic E-state index is 11.0. The Morgan fingerprint density at radius 2 is 1.79 bits per heavy atom. The first-order chi connectivity index (χ1) is 9.06. The van der Waals surface area contributed by atoms with Gasteiger partial charge in [0.15, 0.2) is 0 Å². The van der Waals surface area contributed by atoms with Gasteiger partial charge in [0.25, 0.3) is 0 Å². The summed E-state index contributed by atoms with van der Waals surface area (Å²) >= 11 is 0. The molecule has 0 saturated carbocycles. The molecule has 0 spiro atoms. The topological polar surface area (TPSA) is 61.6 Å². The van der Waals surface area contributed by atoms with E-state index < -0.39 is 0 Å². The van der Waals surface area contributed by atoms with Crippen molar-refractivity contribution in [3.8, 4) is 0 Å². The van der Waals surface area contributed by atoms with Crippen LogP contribution in [0, 0.1) is 0 Å². The Morgan fingerprint density at radius 3 is 2.32 bits per heavy atom. The summed E-state index contributed by atoms with van der Waals surface area (Å²) in [5.74, 6) is 5.83. The lowest BCUT2D eigenvalue weighted by atomic mass is 10.1. The minimum absolute atomic E-state index is 0.0867. The van der Waals surface area contributed by atoms with Crippen LogP contribution in [0.2, 0.25) is 0 Å². The van der Waals surface area contributed by atoms with E-state index in [0.29, 0.717) is 12.1 Å². The van der Waals surface area contributed by atoms with Gasteiger partial charge in [-0.05, 0) is 19.3 Å². The monoisotopic (exact) mass is 270 g/mol. The maximum absolute atomic E-state index is 11.0. The fourth-order valence-corrected chi connectivity index (χ4v) is 2.78. The first-order valence-electron chi connectivity index (χ1n) is 7.57. The number of carbonyl (C=O) groups excluding carboxylic acids is 1. The molecule has 5 nitrogen and oxygen atoms in total. The number of amides is 1. The van der Waals surface area contributed by atoms with E-state index in [4.69, 9.17) is 5.84 Å². The fraction of sp³-hybridized carbons (Fsp3) is 0.929. The first kappa shape index (κ1) is 16.4. The number of nitrogens with one attached hydrogen (secondary N) is 1. The normalized spacial score (nSPS) is 25.8. The molecule has 1 amide bonds. The van der Waals surface area contributed by atoms with E-state index >= 15 is 0 Å². The predicted molar refractivity (Wildman–Crippen MR) is 78.5 cm³/mol. The Kier molecular flexibility index (Phi) is 7.34. The van der Waals surface area contributed by atoms with E-state index in [1.165, 1.54) is 6.42 Å². The minimum atomic E-state index is 0.0867. The van der Waals surface area contributed by atoms with Gasteiger partial charge in [0, 0.05) is 45.2 Å². The molecule has 2 aliphatic rings. The number of nitrogens with zero attached hydrogens (tertiary/aromatic N) is 2. The lowest BCUT2D eigenvalue weighted by Crippen LogP contribution is -2.47. The number of hydrogen-bond donors (Lipinski definition) is 2. The molecule has 3 N–H and O–H groups in total. The van der Waals surface area contributed by atoms with E-state index in [1.807, 2.05) is 5.01 Å². The van der Waals surface area contributed by atoms with Crippen LogP contribution in [0.15, 0.2) is 0 Å². The van der Waals surface area contributed by atoms with Crippen molar-refractivity contribution in [3.63, 3.8) is 0 Å². The van der Waals surface area contributed by atoms with Crippen LogP contribution in [0.4, 0.5) is 0 Å². The third kappa shape index (κ3) is 5.89. The highest BCUT2D eigenvalue weighted by Crippen LogP contribution is 2.20. The smallest absolute Gasteiger partial charge is 0.217 e. The summed E-state index contributed by atoms with van der Waals surface area (Å²) < 4.78 is 0. The lowest BCUT2D eigenvalue weighted by Gasteiger charge is -2.34. The van der Waals surface area contributed by atoms with Crippen LogP contribution in [0.25, 0.3) is 0 Å². The van der Waals surface area contributed by atoms with Crippen molar-refractivity contribution < 1.29 is 4.79 Å². The molecule has 2 fully saturated rings. The number of likely N-dealkylation sites (tertiary alicyclic amines) is 1. The molecule has 1 atom stereocenters. The van der Waals surface area contributed by atoms with Gasteiger partial charge >= 0.3 is 0 Å². The van der Waals surface area contributed by atoms with Gasteiger partial charge in [-0.3, -0.25) is 15.5 Å². The van der Waals surface area contributed by atoms with Crippen LogP contribution < -0.4 is 11.2 Å². The summed E-state index contributed by atoms with van der Waals surface area (Å²) in [5.41, 5.74) is 0. The molecule has 5 heteroatoms. The molecule has 0 aromatic rings. The maximum Gasteiger partial charge on any atom is 0.217 e. The Labute approximate surface area is 117 Å². The van der Waals surface area contributed by atoms with Crippen molar-refractivity contribution in [2.24, 2.45) is 5.84 Å². The molecule has 2 heterocycles. The summed E-state index contributed by atoms with van der Waals surface area (Å²) in [6.07, 6.45) is 4.65. The van der Waals surface area contributed by atoms with E-state index in [1.54, 1.807) is 6.92 Å². The number of hydrazine groups is 1. The Morgan fingerprint density at radius 1 is 1.21 bits per heavy atom.